The molecule has 2 aliphatic rings. The molecule has 1 aliphatic heterocycles. The van der Waals surface area contributed by atoms with Crippen molar-refractivity contribution < 1.29 is 9.53 Å². The van der Waals surface area contributed by atoms with Crippen LogP contribution in [0.1, 0.15) is 33.1 Å². The minimum Gasteiger partial charge on any atom is -0.464 e. The first-order valence-corrected chi connectivity index (χ1v) is 5.97. The summed E-state index contributed by atoms with van der Waals surface area (Å²) in [6, 6.07) is 0. The van der Waals surface area contributed by atoms with Crippen LogP contribution in [0.2, 0.25) is 0 Å². The van der Waals surface area contributed by atoms with Crippen LogP contribution in [0.3, 0.4) is 0 Å². The largest absolute Gasteiger partial charge is 0.464 e. The molecule has 0 aromatic heterocycles. The van der Waals surface area contributed by atoms with E-state index in [-0.39, 0.29) is 5.97 Å². The third-order valence-corrected chi connectivity index (χ3v) is 4.16. The highest BCUT2D eigenvalue weighted by atomic mass is 32.2. The number of fused-ring (bicyclic) bond motifs is 1. The highest BCUT2D eigenvalue weighted by Crippen LogP contribution is 2.44. The summed E-state index contributed by atoms with van der Waals surface area (Å²) in [5.74, 6) is -0.188. The molecule has 0 N–H and O–H groups in total. The second-order valence-corrected chi connectivity index (χ2v) is 5.40. The Labute approximate surface area is 88.3 Å². The molecule has 0 aromatic carbocycles. The summed E-state index contributed by atoms with van der Waals surface area (Å²) in [5.41, 5.74) is 1.21. The van der Waals surface area contributed by atoms with E-state index in [4.69, 9.17) is 4.74 Å². The number of ether oxygens (including phenoxy) is 1. The van der Waals surface area contributed by atoms with Gasteiger partial charge >= 0.3 is 5.97 Å². The molecule has 1 heterocycles. The average Bonchev–Trinajstić information content (AvgIpc) is 2.63. The van der Waals surface area contributed by atoms with Gasteiger partial charge < -0.3 is 4.74 Å². The van der Waals surface area contributed by atoms with Crippen LogP contribution in [-0.2, 0) is 9.53 Å². The number of nitrogens with zero attached hydrogens (tertiary/aromatic N) is 1. The van der Waals surface area contributed by atoms with Crippen molar-refractivity contribution in [1.29, 1.82) is 0 Å². The van der Waals surface area contributed by atoms with E-state index in [1.54, 1.807) is 11.8 Å². The van der Waals surface area contributed by atoms with E-state index in [1.807, 2.05) is 13.8 Å². The average molecular weight is 213 g/mol. The van der Waals surface area contributed by atoms with Gasteiger partial charge in [-0.15, -0.1) is 11.8 Å². The van der Waals surface area contributed by atoms with E-state index in [9.17, 15) is 4.79 Å². The molecule has 2 rings (SSSR count). The van der Waals surface area contributed by atoms with Crippen molar-refractivity contribution in [2.45, 2.75) is 43.2 Å². The van der Waals surface area contributed by atoms with Gasteiger partial charge in [0.25, 0.3) is 0 Å². The number of esters is 1. The molecule has 1 saturated carbocycles. The number of hydrogen-bond donors (Lipinski definition) is 0. The number of carbonyl (C=O) groups is 1. The number of hydrogen-bond acceptors (Lipinski definition) is 4. The van der Waals surface area contributed by atoms with E-state index in [0.29, 0.717) is 11.9 Å². The quantitative estimate of drug-likeness (QED) is 0.659. The van der Waals surface area contributed by atoms with Crippen molar-refractivity contribution in [3.8, 4) is 0 Å². The van der Waals surface area contributed by atoms with Crippen LogP contribution in [-0.4, -0.2) is 28.4 Å². The van der Waals surface area contributed by atoms with Crippen LogP contribution in [0.25, 0.3) is 0 Å². The van der Waals surface area contributed by atoms with Gasteiger partial charge in [-0.1, -0.05) is 0 Å². The molecular formula is C10H15NO2S. The number of aliphatic imine (C=N–C) groups is 1. The van der Waals surface area contributed by atoms with E-state index in [2.05, 4.69) is 4.99 Å². The SMILES string of the molecule is CCOC(=O)C1(C)N=C2CCCC2S1. The zero-order chi connectivity index (χ0) is 10.2. The van der Waals surface area contributed by atoms with E-state index in [1.165, 1.54) is 18.6 Å². The van der Waals surface area contributed by atoms with Crippen LogP contribution in [0.4, 0.5) is 0 Å². The van der Waals surface area contributed by atoms with Crippen molar-refractivity contribution in [3.63, 3.8) is 0 Å². The predicted octanol–water partition coefficient (Wildman–Crippen LogP) is 2.01. The lowest BCUT2D eigenvalue weighted by molar-refractivity contribution is -0.145. The second-order valence-electron chi connectivity index (χ2n) is 3.81. The fourth-order valence-electron chi connectivity index (χ4n) is 1.99. The summed E-state index contributed by atoms with van der Waals surface area (Å²) < 4.78 is 5.03. The monoisotopic (exact) mass is 213 g/mol. The van der Waals surface area contributed by atoms with Gasteiger partial charge in [0.15, 0.2) is 0 Å². The molecule has 0 spiro atoms. The molecule has 1 fully saturated rings. The molecule has 3 nitrogen and oxygen atoms in total. The standard InChI is InChI=1S/C10H15NO2S/c1-3-13-9(12)10(2)11-7-5-4-6-8(7)14-10/h8H,3-6H2,1-2H3. The molecule has 0 saturated heterocycles. The van der Waals surface area contributed by atoms with Gasteiger partial charge in [-0.25, -0.2) is 4.79 Å². The maximum absolute atomic E-state index is 11.6. The lowest BCUT2D eigenvalue weighted by Crippen LogP contribution is -2.30. The van der Waals surface area contributed by atoms with Crippen LogP contribution >= 0.6 is 11.8 Å². The van der Waals surface area contributed by atoms with Crippen molar-refractivity contribution in [2.75, 3.05) is 6.61 Å². The van der Waals surface area contributed by atoms with Crippen molar-refractivity contribution >= 4 is 23.4 Å². The van der Waals surface area contributed by atoms with Gasteiger partial charge in [-0.05, 0) is 33.1 Å². The molecule has 0 bridgehead atoms. The summed E-state index contributed by atoms with van der Waals surface area (Å²) in [4.78, 5) is 15.5. The Hall–Kier alpha value is -0.510. The first-order valence-electron chi connectivity index (χ1n) is 5.09. The Morgan fingerprint density at radius 1 is 1.79 bits per heavy atom. The number of thioether (sulfide) groups is 1. The number of rotatable bonds is 2. The highest BCUT2D eigenvalue weighted by Gasteiger charge is 2.46. The molecule has 1 aliphatic carbocycles. The molecular weight excluding hydrogens is 198 g/mol. The highest BCUT2D eigenvalue weighted by molar-refractivity contribution is 8.03. The Bertz CT molecular complexity index is 290. The van der Waals surface area contributed by atoms with Gasteiger partial charge in [0, 0.05) is 11.0 Å². The molecule has 2 atom stereocenters. The molecule has 0 aromatic rings. The smallest absolute Gasteiger partial charge is 0.344 e. The fourth-order valence-corrected chi connectivity index (χ4v) is 3.46. The van der Waals surface area contributed by atoms with Gasteiger partial charge in [0.1, 0.15) is 0 Å². The third-order valence-electron chi connectivity index (χ3n) is 2.65. The zero-order valence-electron chi connectivity index (χ0n) is 8.58. The van der Waals surface area contributed by atoms with E-state index < -0.39 is 4.87 Å². The lowest BCUT2D eigenvalue weighted by Gasteiger charge is -2.18. The van der Waals surface area contributed by atoms with Crippen molar-refractivity contribution in [1.82, 2.24) is 0 Å². The Kier molecular flexibility index (Phi) is 2.56. The first-order chi connectivity index (χ1) is 6.65. The maximum atomic E-state index is 11.6. The van der Waals surface area contributed by atoms with Crippen molar-refractivity contribution in [2.24, 2.45) is 4.99 Å². The lowest BCUT2D eigenvalue weighted by atomic mass is 10.3. The predicted molar refractivity (Wildman–Crippen MR) is 57.7 cm³/mol. The Morgan fingerprint density at radius 3 is 3.21 bits per heavy atom. The summed E-state index contributed by atoms with van der Waals surface area (Å²) in [5, 5.41) is 0.476. The summed E-state index contributed by atoms with van der Waals surface area (Å²) in [7, 11) is 0. The summed E-state index contributed by atoms with van der Waals surface area (Å²) >= 11 is 1.65. The normalized spacial score (nSPS) is 35.3. The first kappa shape index (κ1) is 10.0. The Morgan fingerprint density at radius 2 is 2.57 bits per heavy atom. The Balaban J connectivity index is 2.12. The van der Waals surface area contributed by atoms with Crippen molar-refractivity contribution in [3.05, 3.63) is 0 Å². The molecule has 14 heavy (non-hydrogen) atoms. The van der Waals surface area contributed by atoms with Gasteiger partial charge in [0.2, 0.25) is 4.87 Å². The minimum absolute atomic E-state index is 0.188. The van der Waals surface area contributed by atoms with Gasteiger partial charge in [0.05, 0.1) is 6.61 Å². The summed E-state index contributed by atoms with van der Waals surface area (Å²) in [6.45, 7) is 4.13. The molecule has 78 valence electrons. The maximum Gasteiger partial charge on any atom is 0.344 e. The molecule has 0 radical (unpaired) electrons. The number of carbonyl (C=O) groups excluding carboxylic acids is 1. The van der Waals surface area contributed by atoms with Gasteiger partial charge in [-0.2, -0.15) is 0 Å². The van der Waals surface area contributed by atoms with Crippen LogP contribution in [0, 0.1) is 0 Å². The van der Waals surface area contributed by atoms with Crippen LogP contribution in [0.5, 0.6) is 0 Å². The fraction of sp³-hybridized carbons (Fsp3) is 0.800. The zero-order valence-corrected chi connectivity index (χ0v) is 9.39. The summed E-state index contributed by atoms with van der Waals surface area (Å²) in [6.07, 6.45) is 3.45. The molecule has 2 unspecified atom stereocenters. The van der Waals surface area contributed by atoms with E-state index >= 15 is 0 Å². The molecule has 4 heteroatoms. The van der Waals surface area contributed by atoms with Crippen LogP contribution in [0.15, 0.2) is 4.99 Å². The van der Waals surface area contributed by atoms with E-state index in [0.717, 1.165) is 6.42 Å². The topological polar surface area (TPSA) is 38.7 Å². The molecule has 0 amide bonds. The third kappa shape index (κ3) is 1.56. The second kappa shape index (κ2) is 3.57. The minimum atomic E-state index is -0.656. The van der Waals surface area contributed by atoms with Crippen LogP contribution < -0.4 is 0 Å². The van der Waals surface area contributed by atoms with Gasteiger partial charge in [-0.3, -0.25) is 4.99 Å².